The Balaban J connectivity index is 2.05. The zero-order chi connectivity index (χ0) is 18.8. The van der Waals surface area contributed by atoms with Crippen molar-refractivity contribution in [3.05, 3.63) is 65.0 Å². The summed E-state index contributed by atoms with van der Waals surface area (Å²) in [6.07, 6.45) is 2.98. The van der Waals surface area contributed by atoms with Crippen LogP contribution in [0.15, 0.2) is 48.6 Å². The monoisotopic (exact) mass is 386 g/mol. The number of aryl methyl sites for hydroxylation is 1. The fourth-order valence-corrected chi connectivity index (χ4v) is 3.13. The summed E-state index contributed by atoms with van der Waals surface area (Å²) in [7, 11) is 0. The van der Waals surface area contributed by atoms with Crippen LogP contribution in [0.3, 0.4) is 0 Å². The van der Waals surface area contributed by atoms with Gasteiger partial charge in [0, 0.05) is 12.1 Å². The average Bonchev–Trinajstić information content (AvgIpc) is 2.90. The Hall–Kier alpha value is -2.77. The van der Waals surface area contributed by atoms with E-state index in [9.17, 15) is 9.59 Å². The van der Waals surface area contributed by atoms with Crippen LogP contribution in [0, 0.1) is 6.92 Å². The summed E-state index contributed by atoms with van der Waals surface area (Å²) in [4.78, 5) is 26.2. The van der Waals surface area contributed by atoms with Crippen LogP contribution in [0.5, 0.6) is 0 Å². The molecule has 0 radical (unpaired) electrons. The van der Waals surface area contributed by atoms with Crippen LogP contribution in [0.1, 0.15) is 11.3 Å². The first kappa shape index (κ1) is 18.0. The zero-order valence-electron chi connectivity index (χ0n) is 13.9. The van der Waals surface area contributed by atoms with Crippen molar-refractivity contribution in [2.75, 3.05) is 6.54 Å². The summed E-state index contributed by atoms with van der Waals surface area (Å²) in [6, 6.07) is 9.34. The molecule has 1 aromatic carbocycles. The van der Waals surface area contributed by atoms with Gasteiger partial charge in [-0.05, 0) is 37.4 Å². The van der Waals surface area contributed by atoms with Gasteiger partial charge in [0.1, 0.15) is 10.7 Å². The lowest BCUT2D eigenvalue weighted by atomic mass is 10.1. The van der Waals surface area contributed by atoms with Crippen LogP contribution in [0.4, 0.5) is 0 Å². The topological polar surface area (TPSA) is 67.2 Å². The molecule has 0 atom stereocenters. The third-order valence-electron chi connectivity index (χ3n) is 3.83. The lowest BCUT2D eigenvalue weighted by Crippen LogP contribution is -2.53. The van der Waals surface area contributed by atoms with Crippen molar-refractivity contribution >= 4 is 46.8 Å². The number of aromatic nitrogens is 2. The highest BCUT2D eigenvalue weighted by Gasteiger charge is 2.33. The van der Waals surface area contributed by atoms with E-state index in [4.69, 9.17) is 23.8 Å². The standard InChI is InChI=1S/C18H15ClN4O2S/c1-3-9-22-17(25)14(16(24)20-18(22)26)10-13-11(2)21-23(15(13)19)12-7-5-4-6-8-12/h3-8,10H,1,9H2,2H3,(H,20,24,26)/b14-10+. The maximum atomic E-state index is 12.6. The molecule has 0 aliphatic carbocycles. The molecule has 0 bridgehead atoms. The largest absolute Gasteiger partial charge is 0.298 e. The first-order chi connectivity index (χ1) is 12.4. The van der Waals surface area contributed by atoms with Gasteiger partial charge in [0.2, 0.25) is 0 Å². The van der Waals surface area contributed by atoms with Crippen LogP contribution < -0.4 is 5.32 Å². The zero-order valence-corrected chi connectivity index (χ0v) is 15.5. The van der Waals surface area contributed by atoms with Crippen molar-refractivity contribution in [3.63, 3.8) is 0 Å². The van der Waals surface area contributed by atoms with Gasteiger partial charge in [-0.2, -0.15) is 5.10 Å². The van der Waals surface area contributed by atoms with Gasteiger partial charge in [0.05, 0.1) is 11.4 Å². The quantitative estimate of drug-likeness (QED) is 0.379. The normalized spacial score (nSPS) is 16.2. The van der Waals surface area contributed by atoms with Gasteiger partial charge in [0.25, 0.3) is 11.8 Å². The summed E-state index contributed by atoms with van der Waals surface area (Å²) in [5.74, 6) is -1.06. The molecule has 1 aliphatic heterocycles. The van der Waals surface area contributed by atoms with Gasteiger partial charge >= 0.3 is 0 Å². The highest BCUT2D eigenvalue weighted by atomic mass is 35.5. The molecule has 1 aromatic heterocycles. The fraction of sp³-hybridized carbons (Fsp3) is 0.111. The molecule has 0 saturated carbocycles. The molecule has 1 saturated heterocycles. The minimum atomic E-state index is -0.566. The Bertz CT molecular complexity index is 950. The summed E-state index contributed by atoms with van der Waals surface area (Å²) in [5.41, 5.74) is 1.81. The molecule has 1 fully saturated rings. The van der Waals surface area contributed by atoms with E-state index < -0.39 is 11.8 Å². The van der Waals surface area contributed by atoms with Crippen LogP contribution >= 0.6 is 23.8 Å². The van der Waals surface area contributed by atoms with E-state index in [1.807, 2.05) is 30.3 Å². The van der Waals surface area contributed by atoms with Gasteiger partial charge in [-0.25, -0.2) is 4.68 Å². The number of para-hydroxylation sites is 1. The van der Waals surface area contributed by atoms with Crippen molar-refractivity contribution in [2.45, 2.75) is 6.92 Å². The van der Waals surface area contributed by atoms with E-state index in [1.54, 1.807) is 11.6 Å². The van der Waals surface area contributed by atoms with Gasteiger partial charge in [-0.3, -0.25) is 19.8 Å². The third kappa shape index (κ3) is 3.18. The van der Waals surface area contributed by atoms with Crippen LogP contribution in [0.2, 0.25) is 5.15 Å². The van der Waals surface area contributed by atoms with E-state index in [2.05, 4.69) is 17.0 Å². The summed E-state index contributed by atoms with van der Waals surface area (Å²) in [6.45, 7) is 5.56. The Morgan fingerprint density at radius 3 is 2.65 bits per heavy atom. The second-order valence-corrected chi connectivity index (χ2v) is 6.30. The predicted molar refractivity (Wildman–Crippen MR) is 104 cm³/mol. The Morgan fingerprint density at radius 1 is 1.31 bits per heavy atom. The highest BCUT2D eigenvalue weighted by Crippen LogP contribution is 2.26. The van der Waals surface area contributed by atoms with Crippen molar-refractivity contribution in [3.8, 4) is 5.69 Å². The van der Waals surface area contributed by atoms with Crippen molar-refractivity contribution in [1.29, 1.82) is 0 Å². The minimum Gasteiger partial charge on any atom is -0.298 e. The number of carbonyl (C=O) groups is 2. The molecule has 2 aromatic rings. The Kier molecular flexibility index (Phi) is 5.01. The van der Waals surface area contributed by atoms with Crippen LogP contribution in [-0.2, 0) is 9.59 Å². The molecule has 6 nitrogen and oxygen atoms in total. The van der Waals surface area contributed by atoms with Crippen molar-refractivity contribution in [2.24, 2.45) is 0 Å². The highest BCUT2D eigenvalue weighted by molar-refractivity contribution is 7.80. The maximum Gasteiger partial charge on any atom is 0.265 e. The molecule has 132 valence electrons. The van der Waals surface area contributed by atoms with E-state index in [0.29, 0.717) is 16.4 Å². The number of nitrogens with one attached hydrogen (secondary N) is 1. The molecule has 1 aliphatic rings. The Morgan fingerprint density at radius 2 is 2.00 bits per heavy atom. The molecular weight excluding hydrogens is 372 g/mol. The molecule has 2 heterocycles. The molecule has 1 N–H and O–H groups in total. The average molecular weight is 387 g/mol. The summed E-state index contributed by atoms with van der Waals surface area (Å²) in [5, 5.41) is 7.28. The van der Waals surface area contributed by atoms with E-state index in [0.717, 1.165) is 5.69 Å². The number of halogens is 1. The van der Waals surface area contributed by atoms with E-state index >= 15 is 0 Å². The molecule has 3 rings (SSSR count). The molecule has 2 amide bonds. The first-order valence-corrected chi connectivity index (χ1v) is 8.53. The van der Waals surface area contributed by atoms with E-state index in [-0.39, 0.29) is 17.2 Å². The lowest BCUT2D eigenvalue weighted by molar-refractivity contribution is -0.128. The fourth-order valence-electron chi connectivity index (χ4n) is 2.55. The number of carbonyl (C=O) groups excluding carboxylic acids is 2. The number of hydrogen-bond donors (Lipinski definition) is 1. The van der Waals surface area contributed by atoms with Crippen molar-refractivity contribution in [1.82, 2.24) is 20.0 Å². The lowest BCUT2D eigenvalue weighted by Gasteiger charge is -2.27. The van der Waals surface area contributed by atoms with E-state index in [1.165, 1.54) is 17.1 Å². The van der Waals surface area contributed by atoms with Gasteiger partial charge in [0.15, 0.2) is 5.11 Å². The van der Waals surface area contributed by atoms with Crippen LogP contribution in [-0.4, -0.2) is 38.2 Å². The molecular formula is C18H15ClN4O2S. The molecule has 0 spiro atoms. The van der Waals surface area contributed by atoms with Crippen molar-refractivity contribution < 1.29 is 9.59 Å². The number of nitrogens with zero attached hydrogens (tertiary/aromatic N) is 3. The minimum absolute atomic E-state index is 0.0554. The second kappa shape index (κ2) is 7.23. The van der Waals surface area contributed by atoms with Gasteiger partial charge in [-0.15, -0.1) is 6.58 Å². The maximum absolute atomic E-state index is 12.6. The number of thiocarbonyl (C=S) groups is 1. The molecule has 0 unspecified atom stereocenters. The number of benzene rings is 1. The summed E-state index contributed by atoms with van der Waals surface area (Å²) < 4.78 is 1.56. The first-order valence-electron chi connectivity index (χ1n) is 7.74. The Labute approximate surface area is 160 Å². The smallest absolute Gasteiger partial charge is 0.265 e. The van der Waals surface area contributed by atoms with Gasteiger partial charge in [-0.1, -0.05) is 35.9 Å². The second-order valence-electron chi connectivity index (χ2n) is 5.56. The number of amides is 2. The predicted octanol–water partition coefficient (Wildman–Crippen LogP) is 2.65. The third-order valence-corrected chi connectivity index (χ3v) is 4.52. The summed E-state index contributed by atoms with van der Waals surface area (Å²) >= 11 is 11.5. The van der Waals surface area contributed by atoms with Crippen LogP contribution in [0.25, 0.3) is 11.8 Å². The number of hydrogen-bond acceptors (Lipinski definition) is 4. The number of rotatable bonds is 4. The molecule has 26 heavy (non-hydrogen) atoms. The molecule has 8 heteroatoms. The van der Waals surface area contributed by atoms with Gasteiger partial charge < -0.3 is 0 Å². The SMILES string of the molecule is C=CCN1C(=O)/C(=C/c2c(C)nn(-c3ccccc3)c2Cl)C(=O)NC1=S.